The standard InChI is InChI=1S/C21H28O3/c1-3-5-15-23-19-11-7-17(8-12-19)21(22)18-9-13-20(14-10-18)24-16-6-4-2/h7-14,21-22H,3-6,15-16H2,1-2H3. The first-order chi connectivity index (χ1) is 11.7. The molecule has 3 nitrogen and oxygen atoms in total. The van der Waals surface area contributed by atoms with Gasteiger partial charge in [-0.3, -0.25) is 0 Å². The number of hydrogen-bond donors (Lipinski definition) is 1. The molecule has 0 saturated heterocycles. The summed E-state index contributed by atoms with van der Waals surface area (Å²) < 4.78 is 11.3. The van der Waals surface area contributed by atoms with Gasteiger partial charge in [-0.1, -0.05) is 51.0 Å². The zero-order valence-electron chi connectivity index (χ0n) is 14.7. The zero-order valence-corrected chi connectivity index (χ0v) is 14.7. The fraction of sp³-hybridized carbons (Fsp3) is 0.429. The minimum Gasteiger partial charge on any atom is -0.494 e. The molecule has 0 aromatic heterocycles. The van der Waals surface area contributed by atoms with E-state index in [0.717, 1.165) is 61.5 Å². The van der Waals surface area contributed by atoms with Crippen LogP contribution in [0.1, 0.15) is 56.8 Å². The molecule has 0 heterocycles. The zero-order chi connectivity index (χ0) is 17.2. The van der Waals surface area contributed by atoms with E-state index in [1.165, 1.54) is 0 Å². The SMILES string of the molecule is CCCCOc1ccc(C(O)c2ccc(OCCCC)cc2)cc1. The van der Waals surface area contributed by atoms with Gasteiger partial charge in [-0.15, -0.1) is 0 Å². The molecule has 24 heavy (non-hydrogen) atoms. The van der Waals surface area contributed by atoms with Crippen LogP contribution in [0.3, 0.4) is 0 Å². The summed E-state index contributed by atoms with van der Waals surface area (Å²) in [5.74, 6) is 1.69. The number of rotatable bonds is 10. The summed E-state index contributed by atoms with van der Waals surface area (Å²) in [5, 5.41) is 10.5. The Morgan fingerprint density at radius 2 is 1.08 bits per heavy atom. The molecule has 130 valence electrons. The first kappa shape index (κ1) is 18.3. The summed E-state index contributed by atoms with van der Waals surface area (Å²) in [6.07, 6.45) is 3.71. The van der Waals surface area contributed by atoms with Crippen LogP contribution < -0.4 is 9.47 Å². The normalized spacial score (nSPS) is 10.8. The van der Waals surface area contributed by atoms with Crippen molar-refractivity contribution in [3.05, 3.63) is 59.7 Å². The van der Waals surface area contributed by atoms with Gasteiger partial charge in [0.15, 0.2) is 0 Å². The molecule has 0 aliphatic carbocycles. The Hall–Kier alpha value is -2.00. The topological polar surface area (TPSA) is 38.7 Å². The van der Waals surface area contributed by atoms with Gasteiger partial charge in [0.2, 0.25) is 0 Å². The Balaban J connectivity index is 1.93. The van der Waals surface area contributed by atoms with Crippen LogP contribution in [-0.2, 0) is 0 Å². The fourth-order valence-corrected chi connectivity index (χ4v) is 2.35. The van der Waals surface area contributed by atoms with Crippen molar-refractivity contribution in [2.24, 2.45) is 0 Å². The quantitative estimate of drug-likeness (QED) is 0.615. The third kappa shape index (κ3) is 5.57. The first-order valence-electron chi connectivity index (χ1n) is 8.88. The summed E-state index contributed by atoms with van der Waals surface area (Å²) >= 11 is 0. The average Bonchev–Trinajstić information content (AvgIpc) is 2.63. The van der Waals surface area contributed by atoms with Gasteiger partial charge in [0, 0.05) is 0 Å². The minimum atomic E-state index is -0.639. The number of unbranched alkanes of at least 4 members (excludes halogenated alkanes) is 2. The Bertz CT molecular complexity index is 522. The van der Waals surface area contributed by atoms with Crippen LogP contribution in [0.5, 0.6) is 11.5 Å². The number of aliphatic hydroxyl groups is 1. The fourth-order valence-electron chi connectivity index (χ4n) is 2.35. The van der Waals surface area contributed by atoms with Gasteiger partial charge in [-0.25, -0.2) is 0 Å². The van der Waals surface area contributed by atoms with Gasteiger partial charge in [0.25, 0.3) is 0 Å². The lowest BCUT2D eigenvalue weighted by Crippen LogP contribution is -2.01. The van der Waals surface area contributed by atoms with E-state index in [1.54, 1.807) is 0 Å². The van der Waals surface area contributed by atoms with E-state index >= 15 is 0 Å². The van der Waals surface area contributed by atoms with Crippen LogP contribution in [0.25, 0.3) is 0 Å². The number of benzene rings is 2. The largest absolute Gasteiger partial charge is 0.494 e. The van der Waals surface area contributed by atoms with Crippen molar-refractivity contribution in [2.75, 3.05) is 13.2 Å². The van der Waals surface area contributed by atoms with Crippen molar-refractivity contribution in [1.82, 2.24) is 0 Å². The van der Waals surface area contributed by atoms with Crippen LogP contribution in [0.4, 0.5) is 0 Å². The van der Waals surface area contributed by atoms with Crippen molar-refractivity contribution in [2.45, 2.75) is 45.6 Å². The van der Waals surface area contributed by atoms with Gasteiger partial charge in [-0.05, 0) is 48.2 Å². The van der Waals surface area contributed by atoms with Gasteiger partial charge < -0.3 is 14.6 Å². The predicted octanol–water partition coefficient (Wildman–Crippen LogP) is 5.13. The molecule has 0 amide bonds. The maximum atomic E-state index is 10.5. The first-order valence-corrected chi connectivity index (χ1v) is 8.88. The summed E-state index contributed by atoms with van der Waals surface area (Å²) in [4.78, 5) is 0. The Labute approximate surface area is 145 Å². The van der Waals surface area contributed by atoms with E-state index in [1.807, 2.05) is 48.5 Å². The lowest BCUT2D eigenvalue weighted by molar-refractivity contribution is 0.220. The van der Waals surface area contributed by atoms with Gasteiger partial charge >= 0.3 is 0 Å². The summed E-state index contributed by atoms with van der Waals surface area (Å²) in [5.41, 5.74) is 1.72. The minimum absolute atomic E-state index is 0.639. The molecule has 2 aromatic carbocycles. The molecule has 0 radical (unpaired) electrons. The summed E-state index contributed by atoms with van der Waals surface area (Å²) in [6, 6.07) is 15.3. The molecule has 2 aromatic rings. The second-order valence-electron chi connectivity index (χ2n) is 5.94. The highest BCUT2D eigenvalue weighted by Crippen LogP contribution is 2.25. The Morgan fingerprint density at radius 1 is 0.708 bits per heavy atom. The molecule has 0 atom stereocenters. The average molecular weight is 328 g/mol. The van der Waals surface area contributed by atoms with Crippen LogP contribution in [-0.4, -0.2) is 18.3 Å². The van der Waals surface area contributed by atoms with E-state index in [-0.39, 0.29) is 0 Å². The number of hydrogen-bond acceptors (Lipinski definition) is 3. The van der Waals surface area contributed by atoms with Crippen molar-refractivity contribution in [1.29, 1.82) is 0 Å². The molecule has 0 aliphatic rings. The third-order valence-corrected chi connectivity index (χ3v) is 3.92. The van der Waals surface area contributed by atoms with Crippen molar-refractivity contribution >= 4 is 0 Å². The van der Waals surface area contributed by atoms with Gasteiger partial charge in [-0.2, -0.15) is 0 Å². The van der Waals surface area contributed by atoms with Crippen LogP contribution in [0.2, 0.25) is 0 Å². The molecule has 0 unspecified atom stereocenters. The Morgan fingerprint density at radius 3 is 1.42 bits per heavy atom. The molecule has 2 rings (SSSR count). The van der Waals surface area contributed by atoms with Crippen molar-refractivity contribution < 1.29 is 14.6 Å². The molecule has 3 heteroatoms. The maximum absolute atomic E-state index is 10.5. The van der Waals surface area contributed by atoms with Crippen LogP contribution >= 0.6 is 0 Å². The number of aliphatic hydroxyl groups excluding tert-OH is 1. The molecule has 0 spiro atoms. The van der Waals surface area contributed by atoms with E-state index in [2.05, 4.69) is 13.8 Å². The highest BCUT2D eigenvalue weighted by atomic mass is 16.5. The van der Waals surface area contributed by atoms with E-state index in [0.29, 0.717) is 0 Å². The monoisotopic (exact) mass is 328 g/mol. The molecule has 0 bridgehead atoms. The second-order valence-corrected chi connectivity index (χ2v) is 5.94. The molecule has 0 fully saturated rings. The molecule has 1 N–H and O–H groups in total. The van der Waals surface area contributed by atoms with Crippen LogP contribution in [0, 0.1) is 0 Å². The van der Waals surface area contributed by atoms with Gasteiger partial charge in [0.1, 0.15) is 17.6 Å². The molecular formula is C21H28O3. The van der Waals surface area contributed by atoms with Gasteiger partial charge in [0.05, 0.1) is 13.2 Å². The van der Waals surface area contributed by atoms with Crippen molar-refractivity contribution in [3.8, 4) is 11.5 Å². The smallest absolute Gasteiger partial charge is 0.119 e. The molecule has 0 saturated carbocycles. The maximum Gasteiger partial charge on any atom is 0.119 e. The molecular weight excluding hydrogens is 300 g/mol. The highest BCUT2D eigenvalue weighted by Gasteiger charge is 2.10. The van der Waals surface area contributed by atoms with Crippen LogP contribution in [0.15, 0.2) is 48.5 Å². The summed E-state index contributed by atoms with van der Waals surface area (Å²) in [7, 11) is 0. The number of ether oxygens (including phenoxy) is 2. The third-order valence-electron chi connectivity index (χ3n) is 3.92. The lowest BCUT2D eigenvalue weighted by atomic mass is 10.0. The highest BCUT2D eigenvalue weighted by molar-refractivity contribution is 5.36. The lowest BCUT2D eigenvalue weighted by Gasteiger charge is -2.13. The van der Waals surface area contributed by atoms with E-state index < -0.39 is 6.10 Å². The summed E-state index contributed by atoms with van der Waals surface area (Å²) in [6.45, 7) is 5.75. The second kappa shape index (κ2) is 9.99. The Kier molecular flexibility index (Phi) is 7.63. The van der Waals surface area contributed by atoms with Crippen molar-refractivity contribution in [3.63, 3.8) is 0 Å². The van der Waals surface area contributed by atoms with E-state index in [4.69, 9.17) is 9.47 Å². The van der Waals surface area contributed by atoms with E-state index in [9.17, 15) is 5.11 Å². The predicted molar refractivity (Wildman–Crippen MR) is 97.8 cm³/mol. The molecule has 0 aliphatic heterocycles.